The molecule has 0 saturated carbocycles. The van der Waals surface area contributed by atoms with Crippen molar-refractivity contribution in [2.45, 2.75) is 4.90 Å². The van der Waals surface area contributed by atoms with Gasteiger partial charge in [-0.2, -0.15) is 0 Å². The second-order valence-electron chi connectivity index (χ2n) is 5.42. The van der Waals surface area contributed by atoms with Crippen molar-refractivity contribution in [1.29, 1.82) is 0 Å². The molecule has 0 radical (unpaired) electrons. The summed E-state index contributed by atoms with van der Waals surface area (Å²) in [5.74, 6) is 1.60. The first-order chi connectivity index (χ1) is 12.2. The molecule has 0 aromatic heterocycles. The van der Waals surface area contributed by atoms with E-state index >= 15 is 0 Å². The van der Waals surface area contributed by atoms with Gasteiger partial charge >= 0.3 is 0 Å². The van der Waals surface area contributed by atoms with E-state index < -0.39 is 0 Å². The van der Waals surface area contributed by atoms with Gasteiger partial charge in [-0.3, -0.25) is 4.79 Å². The van der Waals surface area contributed by atoms with E-state index in [-0.39, 0.29) is 5.91 Å². The van der Waals surface area contributed by atoms with Crippen LogP contribution < -0.4 is 14.8 Å². The Balaban J connectivity index is 1.62. The van der Waals surface area contributed by atoms with E-state index in [1.54, 1.807) is 14.2 Å². The van der Waals surface area contributed by atoms with Crippen molar-refractivity contribution < 1.29 is 14.3 Å². The zero-order chi connectivity index (χ0) is 17.6. The second kappa shape index (κ2) is 7.94. The van der Waals surface area contributed by atoms with Crippen LogP contribution in [0.4, 0.5) is 5.69 Å². The summed E-state index contributed by atoms with van der Waals surface area (Å²) in [7, 11) is 3.19. The molecule has 3 aromatic carbocycles. The van der Waals surface area contributed by atoms with Gasteiger partial charge in [0.2, 0.25) is 5.91 Å². The van der Waals surface area contributed by atoms with Crippen molar-refractivity contribution in [1.82, 2.24) is 0 Å². The SMILES string of the molecule is COc1ccc(SCC(=O)Nc2ccc3ccccc3c2)cc1OC. The summed E-state index contributed by atoms with van der Waals surface area (Å²) in [5, 5.41) is 5.20. The van der Waals surface area contributed by atoms with E-state index in [0.29, 0.717) is 17.3 Å². The maximum Gasteiger partial charge on any atom is 0.234 e. The van der Waals surface area contributed by atoms with Crippen molar-refractivity contribution in [2.75, 3.05) is 25.3 Å². The third-order valence-corrected chi connectivity index (χ3v) is 4.75. The lowest BCUT2D eigenvalue weighted by atomic mass is 10.1. The molecule has 0 aliphatic rings. The average molecular weight is 353 g/mol. The van der Waals surface area contributed by atoms with Crippen molar-refractivity contribution in [3.8, 4) is 11.5 Å². The zero-order valence-corrected chi connectivity index (χ0v) is 14.9. The van der Waals surface area contributed by atoms with E-state index in [9.17, 15) is 4.79 Å². The molecule has 0 heterocycles. The molecule has 0 spiro atoms. The Morgan fingerprint density at radius 1 is 0.920 bits per heavy atom. The molecule has 3 rings (SSSR count). The number of anilines is 1. The maximum absolute atomic E-state index is 12.2. The largest absolute Gasteiger partial charge is 0.493 e. The van der Waals surface area contributed by atoms with Crippen LogP contribution in [0.15, 0.2) is 65.6 Å². The van der Waals surface area contributed by atoms with Gasteiger partial charge in [-0.1, -0.05) is 30.3 Å². The predicted molar refractivity (Wildman–Crippen MR) is 103 cm³/mol. The summed E-state index contributed by atoms with van der Waals surface area (Å²) in [5.41, 5.74) is 0.802. The van der Waals surface area contributed by atoms with Crippen LogP contribution in [0.3, 0.4) is 0 Å². The quantitative estimate of drug-likeness (QED) is 0.659. The Labute approximate surface area is 151 Å². The standard InChI is InChI=1S/C20H19NO3S/c1-23-18-10-9-17(12-19(18)24-2)25-13-20(22)21-16-8-7-14-5-3-4-6-15(14)11-16/h3-12H,13H2,1-2H3,(H,21,22). The molecular formula is C20H19NO3S. The maximum atomic E-state index is 12.2. The molecule has 1 amide bonds. The van der Waals surface area contributed by atoms with E-state index in [4.69, 9.17) is 9.47 Å². The molecule has 0 fully saturated rings. The zero-order valence-electron chi connectivity index (χ0n) is 14.1. The Kier molecular flexibility index (Phi) is 5.46. The van der Waals surface area contributed by atoms with Crippen molar-refractivity contribution in [2.24, 2.45) is 0 Å². The van der Waals surface area contributed by atoms with E-state index in [2.05, 4.69) is 5.32 Å². The third-order valence-electron chi connectivity index (χ3n) is 3.76. The van der Waals surface area contributed by atoms with Crippen LogP contribution in [0.2, 0.25) is 0 Å². The number of hydrogen-bond donors (Lipinski definition) is 1. The van der Waals surface area contributed by atoms with Crippen molar-refractivity contribution >= 4 is 34.1 Å². The number of hydrogen-bond acceptors (Lipinski definition) is 4. The van der Waals surface area contributed by atoms with Gasteiger partial charge in [0.1, 0.15) is 0 Å². The van der Waals surface area contributed by atoms with Gasteiger partial charge in [-0.15, -0.1) is 11.8 Å². The highest BCUT2D eigenvalue weighted by molar-refractivity contribution is 8.00. The molecule has 0 atom stereocenters. The molecule has 128 valence electrons. The molecule has 0 saturated heterocycles. The molecule has 3 aromatic rings. The average Bonchev–Trinajstić information content (AvgIpc) is 2.66. The van der Waals surface area contributed by atoms with Crippen LogP contribution in [-0.4, -0.2) is 25.9 Å². The van der Waals surface area contributed by atoms with Gasteiger partial charge in [-0.05, 0) is 41.1 Å². The number of thioether (sulfide) groups is 1. The normalized spacial score (nSPS) is 10.5. The minimum absolute atomic E-state index is 0.0462. The number of carbonyl (C=O) groups excluding carboxylic acids is 1. The van der Waals surface area contributed by atoms with Crippen LogP contribution in [-0.2, 0) is 4.79 Å². The number of nitrogens with one attached hydrogen (secondary N) is 1. The number of benzene rings is 3. The third kappa shape index (κ3) is 4.25. The smallest absolute Gasteiger partial charge is 0.234 e. The molecule has 5 heteroatoms. The van der Waals surface area contributed by atoms with Crippen molar-refractivity contribution in [3.63, 3.8) is 0 Å². The fraction of sp³-hybridized carbons (Fsp3) is 0.150. The Morgan fingerprint density at radius 2 is 1.68 bits per heavy atom. The van der Waals surface area contributed by atoms with Crippen LogP contribution in [0.5, 0.6) is 11.5 Å². The van der Waals surface area contributed by atoms with Gasteiger partial charge in [0.05, 0.1) is 20.0 Å². The highest BCUT2D eigenvalue weighted by Crippen LogP contribution is 2.31. The summed E-state index contributed by atoms with van der Waals surface area (Å²) in [6.07, 6.45) is 0. The lowest BCUT2D eigenvalue weighted by Crippen LogP contribution is -2.13. The van der Waals surface area contributed by atoms with Crippen LogP contribution in [0.25, 0.3) is 10.8 Å². The number of methoxy groups -OCH3 is 2. The monoisotopic (exact) mass is 353 g/mol. The number of carbonyl (C=O) groups is 1. The van der Waals surface area contributed by atoms with E-state index in [1.165, 1.54) is 11.8 Å². The summed E-state index contributed by atoms with van der Waals surface area (Å²) in [4.78, 5) is 13.2. The van der Waals surface area contributed by atoms with Gasteiger partial charge in [0, 0.05) is 10.6 Å². The minimum atomic E-state index is -0.0462. The Bertz CT molecular complexity index is 895. The van der Waals surface area contributed by atoms with Crippen LogP contribution in [0.1, 0.15) is 0 Å². The van der Waals surface area contributed by atoms with E-state index in [0.717, 1.165) is 21.4 Å². The van der Waals surface area contributed by atoms with Gasteiger partial charge in [0.25, 0.3) is 0 Å². The van der Waals surface area contributed by atoms with Crippen molar-refractivity contribution in [3.05, 3.63) is 60.7 Å². The summed E-state index contributed by atoms with van der Waals surface area (Å²) >= 11 is 1.45. The van der Waals surface area contributed by atoms with Crippen LogP contribution >= 0.6 is 11.8 Å². The van der Waals surface area contributed by atoms with Gasteiger partial charge in [0.15, 0.2) is 11.5 Å². The summed E-state index contributed by atoms with van der Waals surface area (Å²) in [6, 6.07) is 19.6. The molecule has 0 aliphatic heterocycles. The lowest BCUT2D eigenvalue weighted by Gasteiger charge is -2.10. The number of rotatable bonds is 6. The second-order valence-corrected chi connectivity index (χ2v) is 6.46. The number of ether oxygens (including phenoxy) is 2. The molecule has 25 heavy (non-hydrogen) atoms. The highest BCUT2D eigenvalue weighted by atomic mass is 32.2. The first-order valence-electron chi connectivity index (χ1n) is 7.83. The van der Waals surface area contributed by atoms with Gasteiger partial charge in [-0.25, -0.2) is 0 Å². The molecular weight excluding hydrogens is 334 g/mol. The fourth-order valence-electron chi connectivity index (χ4n) is 2.52. The molecule has 4 nitrogen and oxygen atoms in total. The molecule has 1 N–H and O–H groups in total. The summed E-state index contributed by atoms with van der Waals surface area (Å²) < 4.78 is 10.5. The molecule has 0 bridgehead atoms. The number of fused-ring (bicyclic) bond motifs is 1. The predicted octanol–water partition coefficient (Wildman–Crippen LogP) is 4.59. The lowest BCUT2D eigenvalue weighted by molar-refractivity contribution is -0.113. The minimum Gasteiger partial charge on any atom is -0.493 e. The first-order valence-corrected chi connectivity index (χ1v) is 8.81. The topological polar surface area (TPSA) is 47.6 Å². The summed E-state index contributed by atoms with van der Waals surface area (Å²) in [6.45, 7) is 0. The Morgan fingerprint density at radius 3 is 2.44 bits per heavy atom. The highest BCUT2D eigenvalue weighted by Gasteiger charge is 2.08. The van der Waals surface area contributed by atoms with Crippen LogP contribution in [0, 0.1) is 0 Å². The Hall–Kier alpha value is -2.66. The fourth-order valence-corrected chi connectivity index (χ4v) is 3.24. The van der Waals surface area contributed by atoms with Gasteiger partial charge < -0.3 is 14.8 Å². The van der Waals surface area contributed by atoms with E-state index in [1.807, 2.05) is 60.7 Å². The molecule has 0 unspecified atom stereocenters. The molecule has 0 aliphatic carbocycles. The first kappa shape index (κ1) is 17.2. The number of amides is 1.